The fraction of sp³-hybridized carbons (Fsp3) is 0.400. The summed E-state index contributed by atoms with van der Waals surface area (Å²) in [4.78, 5) is 0. The second-order valence-electron chi connectivity index (χ2n) is 5.40. The van der Waals surface area contributed by atoms with Crippen LogP contribution in [0.25, 0.3) is 5.69 Å². The minimum atomic E-state index is -3.05. The molecular weight excluding hydrogens is 272 g/mol. The summed E-state index contributed by atoms with van der Waals surface area (Å²) in [6.45, 7) is 4.06. The van der Waals surface area contributed by atoms with E-state index >= 15 is 0 Å². The molecule has 4 nitrogen and oxygen atoms in total. The third-order valence-corrected chi connectivity index (χ3v) is 4.68. The van der Waals surface area contributed by atoms with Crippen molar-refractivity contribution in [3.05, 3.63) is 48.3 Å². The third-order valence-electron chi connectivity index (χ3n) is 3.05. The summed E-state index contributed by atoms with van der Waals surface area (Å²) >= 11 is 0. The summed E-state index contributed by atoms with van der Waals surface area (Å²) < 4.78 is 25.7. The van der Waals surface area contributed by atoms with Gasteiger partial charge in [0, 0.05) is 11.8 Å². The Bertz CT molecular complexity index is 646. The van der Waals surface area contributed by atoms with E-state index in [4.69, 9.17) is 0 Å². The number of benzene rings is 1. The van der Waals surface area contributed by atoms with Gasteiger partial charge in [0.05, 0.1) is 23.4 Å². The molecule has 1 aromatic carbocycles. The predicted molar refractivity (Wildman–Crippen MR) is 80.5 cm³/mol. The van der Waals surface area contributed by atoms with Gasteiger partial charge in [0.25, 0.3) is 0 Å². The van der Waals surface area contributed by atoms with Crippen LogP contribution in [0.1, 0.15) is 25.8 Å². The molecule has 0 saturated carbocycles. The van der Waals surface area contributed by atoms with Gasteiger partial charge in [-0.3, -0.25) is 0 Å². The SMILES string of the molecule is CC(C)CCS(=O)(=O)Cc1cnn(-c2ccccc2)c1. The molecule has 0 spiro atoms. The molecule has 0 aliphatic carbocycles. The summed E-state index contributed by atoms with van der Waals surface area (Å²) in [5.74, 6) is 0.699. The molecule has 20 heavy (non-hydrogen) atoms. The molecule has 0 saturated heterocycles. The van der Waals surface area contributed by atoms with Crippen LogP contribution < -0.4 is 0 Å². The lowest BCUT2D eigenvalue weighted by Crippen LogP contribution is -2.10. The number of nitrogens with zero attached hydrogens (tertiary/aromatic N) is 2. The predicted octanol–water partition coefficient (Wildman–Crippen LogP) is 2.83. The maximum atomic E-state index is 12.0. The van der Waals surface area contributed by atoms with Gasteiger partial charge in [-0.25, -0.2) is 13.1 Å². The van der Waals surface area contributed by atoms with E-state index in [-0.39, 0.29) is 11.5 Å². The van der Waals surface area contributed by atoms with E-state index in [0.717, 1.165) is 11.3 Å². The van der Waals surface area contributed by atoms with Gasteiger partial charge in [-0.2, -0.15) is 5.10 Å². The number of hydrogen-bond acceptors (Lipinski definition) is 3. The van der Waals surface area contributed by atoms with Gasteiger partial charge in [-0.1, -0.05) is 32.0 Å². The Hall–Kier alpha value is -1.62. The Morgan fingerprint density at radius 1 is 1.20 bits per heavy atom. The molecule has 2 aromatic rings. The molecule has 0 fully saturated rings. The topological polar surface area (TPSA) is 52.0 Å². The molecule has 1 aromatic heterocycles. The van der Waals surface area contributed by atoms with Crippen molar-refractivity contribution in [2.24, 2.45) is 5.92 Å². The molecule has 0 aliphatic heterocycles. The normalized spacial score (nSPS) is 11.9. The van der Waals surface area contributed by atoms with Gasteiger partial charge < -0.3 is 0 Å². The van der Waals surface area contributed by atoms with Gasteiger partial charge in [0.1, 0.15) is 0 Å². The quantitative estimate of drug-likeness (QED) is 0.822. The molecule has 1 heterocycles. The van der Waals surface area contributed by atoms with Crippen molar-refractivity contribution in [2.45, 2.75) is 26.0 Å². The van der Waals surface area contributed by atoms with Crippen molar-refractivity contribution in [3.8, 4) is 5.69 Å². The minimum Gasteiger partial charge on any atom is -0.241 e. The lowest BCUT2D eigenvalue weighted by Gasteiger charge is -2.05. The molecule has 0 unspecified atom stereocenters. The highest BCUT2D eigenvalue weighted by Crippen LogP contribution is 2.12. The zero-order chi connectivity index (χ0) is 14.6. The summed E-state index contributed by atoms with van der Waals surface area (Å²) in [6, 6.07) is 9.66. The number of aromatic nitrogens is 2. The molecule has 0 radical (unpaired) electrons. The molecular formula is C15H20N2O2S. The zero-order valence-electron chi connectivity index (χ0n) is 11.9. The molecule has 0 aliphatic rings. The highest BCUT2D eigenvalue weighted by molar-refractivity contribution is 7.90. The van der Waals surface area contributed by atoms with Crippen LogP contribution in [0.5, 0.6) is 0 Å². The average molecular weight is 292 g/mol. The number of hydrogen-bond donors (Lipinski definition) is 0. The summed E-state index contributed by atoms with van der Waals surface area (Å²) in [6.07, 6.45) is 4.11. The monoisotopic (exact) mass is 292 g/mol. The fourth-order valence-electron chi connectivity index (χ4n) is 1.90. The van der Waals surface area contributed by atoms with E-state index < -0.39 is 9.84 Å². The van der Waals surface area contributed by atoms with Crippen LogP contribution in [-0.2, 0) is 15.6 Å². The van der Waals surface area contributed by atoms with Gasteiger partial charge >= 0.3 is 0 Å². The van der Waals surface area contributed by atoms with Crippen molar-refractivity contribution in [1.29, 1.82) is 0 Å². The highest BCUT2D eigenvalue weighted by Gasteiger charge is 2.14. The first-order valence-electron chi connectivity index (χ1n) is 6.76. The molecule has 0 atom stereocenters. The van der Waals surface area contributed by atoms with Crippen molar-refractivity contribution < 1.29 is 8.42 Å². The summed E-state index contributed by atoms with van der Waals surface area (Å²) in [7, 11) is -3.05. The molecule has 108 valence electrons. The van der Waals surface area contributed by atoms with Crippen LogP contribution in [0.2, 0.25) is 0 Å². The maximum Gasteiger partial charge on any atom is 0.154 e. The second-order valence-corrected chi connectivity index (χ2v) is 7.59. The average Bonchev–Trinajstić information content (AvgIpc) is 2.85. The minimum absolute atomic E-state index is 0.0621. The molecule has 2 rings (SSSR count). The Kier molecular flexibility index (Phi) is 4.60. The van der Waals surface area contributed by atoms with Crippen LogP contribution in [-0.4, -0.2) is 24.0 Å². The van der Waals surface area contributed by atoms with Crippen LogP contribution in [0, 0.1) is 5.92 Å². The van der Waals surface area contributed by atoms with Crippen LogP contribution in [0.15, 0.2) is 42.7 Å². The first-order valence-corrected chi connectivity index (χ1v) is 8.58. The van der Waals surface area contributed by atoms with E-state index in [1.807, 2.05) is 44.2 Å². The maximum absolute atomic E-state index is 12.0. The van der Waals surface area contributed by atoms with Crippen molar-refractivity contribution >= 4 is 9.84 Å². The Morgan fingerprint density at radius 2 is 1.90 bits per heavy atom. The number of sulfone groups is 1. The number of rotatable bonds is 6. The summed E-state index contributed by atoms with van der Waals surface area (Å²) in [5, 5.41) is 4.22. The van der Waals surface area contributed by atoms with Crippen LogP contribution >= 0.6 is 0 Å². The van der Waals surface area contributed by atoms with E-state index in [9.17, 15) is 8.42 Å². The lowest BCUT2D eigenvalue weighted by atomic mass is 10.2. The van der Waals surface area contributed by atoms with E-state index in [0.29, 0.717) is 12.3 Å². The van der Waals surface area contributed by atoms with Crippen LogP contribution in [0.4, 0.5) is 0 Å². The molecule has 5 heteroatoms. The van der Waals surface area contributed by atoms with Gasteiger partial charge in [0.15, 0.2) is 9.84 Å². The highest BCUT2D eigenvalue weighted by atomic mass is 32.2. The standard InChI is InChI=1S/C15H20N2O2S/c1-13(2)8-9-20(18,19)12-14-10-16-17(11-14)15-6-4-3-5-7-15/h3-7,10-11,13H,8-9,12H2,1-2H3. The van der Waals surface area contributed by atoms with Crippen molar-refractivity contribution in [3.63, 3.8) is 0 Å². The van der Waals surface area contributed by atoms with Gasteiger partial charge in [-0.05, 0) is 24.5 Å². The molecule has 0 N–H and O–H groups in total. The van der Waals surface area contributed by atoms with E-state index in [2.05, 4.69) is 5.10 Å². The zero-order valence-corrected chi connectivity index (χ0v) is 12.7. The van der Waals surface area contributed by atoms with Gasteiger partial charge in [-0.15, -0.1) is 0 Å². The van der Waals surface area contributed by atoms with Gasteiger partial charge in [0.2, 0.25) is 0 Å². The first-order chi connectivity index (χ1) is 9.46. The van der Waals surface area contributed by atoms with E-state index in [1.54, 1.807) is 17.1 Å². The fourth-order valence-corrected chi connectivity index (χ4v) is 3.53. The summed E-state index contributed by atoms with van der Waals surface area (Å²) in [5.41, 5.74) is 1.66. The Labute approximate surface area is 120 Å². The Balaban J connectivity index is 2.07. The van der Waals surface area contributed by atoms with E-state index in [1.165, 1.54) is 0 Å². The second kappa shape index (κ2) is 6.22. The molecule has 0 amide bonds. The van der Waals surface area contributed by atoms with Crippen molar-refractivity contribution in [1.82, 2.24) is 9.78 Å². The molecule has 0 bridgehead atoms. The lowest BCUT2D eigenvalue weighted by molar-refractivity contribution is 0.573. The Morgan fingerprint density at radius 3 is 2.55 bits per heavy atom. The third kappa shape index (κ3) is 4.20. The first kappa shape index (κ1) is 14.8. The number of para-hydroxylation sites is 1. The largest absolute Gasteiger partial charge is 0.241 e. The van der Waals surface area contributed by atoms with Crippen LogP contribution in [0.3, 0.4) is 0 Å². The smallest absolute Gasteiger partial charge is 0.154 e. The van der Waals surface area contributed by atoms with Crippen molar-refractivity contribution in [2.75, 3.05) is 5.75 Å².